The van der Waals surface area contributed by atoms with E-state index < -0.39 is 11.1 Å². The van der Waals surface area contributed by atoms with Gasteiger partial charge in [-0.05, 0) is 25.1 Å². The van der Waals surface area contributed by atoms with Crippen LogP contribution in [-0.2, 0) is 11.3 Å². The number of halogens is 2. The molecular weight excluding hydrogens is 327 g/mol. The topological polar surface area (TPSA) is 59.8 Å². The molecule has 1 amide bonds. The molecule has 1 atom stereocenters. The molecular formula is C14H14ClFN4OS. The van der Waals surface area contributed by atoms with Gasteiger partial charge in [-0.25, -0.2) is 4.39 Å². The standard InChI is InChI=1S/C14H14ClFN4OS/c1-3-6-20-8-17-19-14(20)22-9(2)13(21)18-12-5-4-10(15)7-11(12)16/h3-5,7-9H,1,6H2,2H3,(H,18,21)/t9-/m1/s1. The van der Waals surface area contributed by atoms with Crippen molar-refractivity contribution in [3.05, 3.63) is 48.0 Å². The molecule has 0 radical (unpaired) electrons. The Bertz CT molecular complexity index is 691. The van der Waals surface area contributed by atoms with E-state index in [2.05, 4.69) is 22.1 Å². The lowest BCUT2D eigenvalue weighted by atomic mass is 10.3. The van der Waals surface area contributed by atoms with Gasteiger partial charge in [0.15, 0.2) is 5.16 Å². The third-order valence-electron chi connectivity index (χ3n) is 2.75. The summed E-state index contributed by atoms with van der Waals surface area (Å²) in [5.74, 6) is -0.910. The molecule has 0 saturated carbocycles. The molecule has 8 heteroatoms. The van der Waals surface area contributed by atoms with Gasteiger partial charge in [-0.15, -0.1) is 16.8 Å². The lowest BCUT2D eigenvalue weighted by Crippen LogP contribution is -2.23. The predicted octanol–water partition coefficient (Wildman–Crippen LogP) is 3.38. The maximum atomic E-state index is 13.7. The number of rotatable bonds is 6. The lowest BCUT2D eigenvalue weighted by molar-refractivity contribution is -0.115. The van der Waals surface area contributed by atoms with Crippen LogP contribution >= 0.6 is 23.4 Å². The van der Waals surface area contributed by atoms with Gasteiger partial charge in [0.2, 0.25) is 5.91 Å². The van der Waals surface area contributed by atoms with E-state index in [4.69, 9.17) is 11.6 Å². The second-order valence-corrected chi connectivity index (χ2v) is 6.17. The maximum Gasteiger partial charge on any atom is 0.237 e. The van der Waals surface area contributed by atoms with Crippen LogP contribution in [0.15, 0.2) is 42.3 Å². The molecule has 5 nitrogen and oxygen atoms in total. The summed E-state index contributed by atoms with van der Waals surface area (Å²) in [4.78, 5) is 12.1. The highest BCUT2D eigenvalue weighted by Crippen LogP contribution is 2.24. The van der Waals surface area contributed by atoms with Gasteiger partial charge in [-0.1, -0.05) is 29.4 Å². The molecule has 0 bridgehead atoms. The number of allylic oxidation sites excluding steroid dienone is 1. The van der Waals surface area contributed by atoms with Gasteiger partial charge in [0.05, 0.1) is 10.9 Å². The summed E-state index contributed by atoms with van der Waals surface area (Å²) >= 11 is 6.91. The Morgan fingerprint density at radius 1 is 1.64 bits per heavy atom. The monoisotopic (exact) mass is 340 g/mol. The minimum atomic E-state index is -0.576. The van der Waals surface area contributed by atoms with Gasteiger partial charge in [0.25, 0.3) is 0 Å². The molecule has 1 aromatic heterocycles. The predicted molar refractivity (Wildman–Crippen MR) is 85.6 cm³/mol. The fraction of sp³-hybridized carbons (Fsp3) is 0.214. The Balaban J connectivity index is 2.02. The molecule has 0 fully saturated rings. The summed E-state index contributed by atoms with van der Waals surface area (Å²) in [5.41, 5.74) is 0.0920. The summed E-state index contributed by atoms with van der Waals surface area (Å²) in [5, 5.41) is 10.7. The smallest absolute Gasteiger partial charge is 0.237 e. The van der Waals surface area contributed by atoms with E-state index in [-0.39, 0.29) is 16.6 Å². The summed E-state index contributed by atoms with van der Waals surface area (Å²) in [6.45, 7) is 5.91. The van der Waals surface area contributed by atoms with E-state index in [0.29, 0.717) is 11.7 Å². The largest absolute Gasteiger partial charge is 0.323 e. The quantitative estimate of drug-likeness (QED) is 0.647. The van der Waals surface area contributed by atoms with Gasteiger partial charge in [-0.2, -0.15) is 0 Å². The van der Waals surface area contributed by atoms with Crippen molar-refractivity contribution in [1.82, 2.24) is 14.8 Å². The van der Waals surface area contributed by atoms with Gasteiger partial charge >= 0.3 is 0 Å². The average molecular weight is 341 g/mol. The molecule has 22 heavy (non-hydrogen) atoms. The number of amides is 1. The Morgan fingerprint density at radius 2 is 2.41 bits per heavy atom. The number of carbonyl (C=O) groups is 1. The van der Waals surface area contributed by atoms with Crippen molar-refractivity contribution in [2.45, 2.75) is 23.9 Å². The maximum absolute atomic E-state index is 13.7. The minimum absolute atomic E-state index is 0.0920. The highest BCUT2D eigenvalue weighted by Gasteiger charge is 2.19. The van der Waals surface area contributed by atoms with Crippen molar-refractivity contribution in [2.24, 2.45) is 0 Å². The average Bonchev–Trinajstić information content (AvgIpc) is 2.89. The van der Waals surface area contributed by atoms with Gasteiger partial charge < -0.3 is 9.88 Å². The van der Waals surface area contributed by atoms with Crippen molar-refractivity contribution in [3.63, 3.8) is 0 Å². The summed E-state index contributed by atoms with van der Waals surface area (Å²) in [7, 11) is 0. The Labute approximate surface area is 136 Å². The Hall–Kier alpha value is -1.86. The van der Waals surface area contributed by atoms with Crippen LogP contribution in [0.2, 0.25) is 5.02 Å². The molecule has 0 aliphatic heterocycles. The first-order valence-electron chi connectivity index (χ1n) is 6.42. The molecule has 1 N–H and O–H groups in total. The molecule has 0 aliphatic carbocycles. The second kappa shape index (κ2) is 7.42. The highest BCUT2D eigenvalue weighted by molar-refractivity contribution is 8.00. The first kappa shape index (κ1) is 16.5. The van der Waals surface area contributed by atoms with Crippen LogP contribution in [0.4, 0.5) is 10.1 Å². The van der Waals surface area contributed by atoms with Crippen molar-refractivity contribution in [3.8, 4) is 0 Å². The molecule has 1 aromatic carbocycles. The molecule has 0 saturated heterocycles. The zero-order chi connectivity index (χ0) is 16.1. The molecule has 116 valence electrons. The number of aromatic nitrogens is 3. The third kappa shape index (κ3) is 4.08. The molecule has 0 unspecified atom stereocenters. The number of anilines is 1. The van der Waals surface area contributed by atoms with E-state index in [1.54, 1.807) is 23.9 Å². The van der Waals surface area contributed by atoms with Crippen LogP contribution < -0.4 is 5.32 Å². The van der Waals surface area contributed by atoms with E-state index in [9.17, 15) is 9.18 Å². The molecule has 0 spiro atoms. The Kier molecular flexibility index (Phi) is 5.57. The molecule has 2 rings (SSSR count). The van der Waals surface area contributed by atoms with Crippen LogP contribution in [0.3, 0.4) is 0 Å². The van der Waals surface area contributed by atoms with Crippen molar-refractivity contribution < 1.29 is 9.18 Å². The zero-order valence-corrected chi connectivity index (χ0v) is 13.4. The highest BCUT2D eigenvalue weighted by atomic mass is 35.5. The Morgan fingerprint density at radius 3 is 3.09 bits per heavy atom. The van der Waals surface area contributed by atoms with E-state index in [0.717, 1.165) is 6.07 Å². The number of nitrogens with one attached hydrogen (secondary N) is 1. The fourth-order valence-electron chi connectivity index (χ4n) is 1.64. The second-order valence-electron chi connectivity index (χ2n) is 4.43. The third-order valence-corrected chi connectivity index (χ3v) is 4.08. The minimum Gasteiger partial charge on any atom is -0.323 e. The van der Waals surface area contributed by atoms with Crippen molar-refractivity contribution >= 4 is 35.0 Å². The van der Waals surface area contributed by atoms with E-state index in [1.165, 1.54) is 23.9 Å². The summed E-state index contributed by atoms with van der Waals surface area (Å²) in [6, 6.07) is 4.08. The first-order chi connectivity index (χ1) is 10.5. The number of hydrogen-bond donors (Lipinski definition) is 1. The van der Waals surface area contributed by atoms with Crippen LogP contribution in [0, 0.1) is 5.82 Å². The van der Waals surface area contributed by atoms with E-state index in [1.807, 2.05) is 0 Å². The van der Waals surface area contributed by atoms with Crippen LogP contribution in [-0.4, -0.2) is 25.9 Å². The zero-order valence-electron chi connectivity index (χ0n) is 11.8. The van der Waals surface area contributed by atoms with Crippen molar-refractivity contribution in [2.75, 3.05) is 5.32 Å². The number of hydrogen-bond acceptors (Lipinski definition) is 4. The van der Waals surface area contributed by atoms with Crippen LogP contribution in [0.5, 0.6) is 0 Å². The van der Waals surface area contributed by atoms with Gasteiger partial charge in [0.1, 0.15) is 12.1 Å². The number of benzene rings is 1. The number of thioether (sulfide) groups is 1. The number of nitrogens with zero attached hydrogens (tertiary/aromatic N) is 3. The lowest BCUT2D eigenvalue weighted by Gasteiger charge is -2.12. The summed E-state index contributed by atoms with van der Waals surface area (Å²) < 4.78 is 15.4. The van der Waals surface area contributed by atoms with Gasteiger partial charge in [0, 0.05) is 11.6 Å². The molecule has 2 aromatic rings. The molecule has 0 aliphatic rings. The summed E-state index contributed by atoms with van der Waals surface area (Å²) in [6.07, 6.45) is 3.27. The molecule has 1 heterocycles. The first-order valence-corrected chi connectivity index (χ1v) is 7.68. The van der Waals surface area contributed by atoms with Crippen LogP contribution in [0.1, 0.15) is 6.92 Å². The van der Waals surface area contributed by atoms with E-state index >= 15 is 0 Å². The number of carbonyl (C=O) groups excluding carboxylic acids is 1. The van der Waals surface area contributed by atoms with Crippen LogP contribution in [0.25, 0.3) is 0 Å². The normalized spacial score (nSPS) is 12.0. The SMILES string of the molecule is C=CCn1cnnc1S[C@H](C)C(=O)Nc1ccc(Cl)cc1F. The van der Waals surface area contributed by atoms with Gasteiger partial charge in [-0.3, -0.25) is 4.79 Å². The fourth-order valence-corrected chi connectivity index (χ4v) is 2.63. The van der Waals surface area contributed by atoms with Crippen molar-refractivity contribution in [1.29, 1.82) is 0 Å².